The zero-order valence-corrected chi connectivity index (χ0v) is 13.9. The highest BCUT2D eigenvalue weighted by Gasteiger charge is 2.17. The first-order chi connectivity index (χ1) is 10.2. The normalized spacial score (nSPS) is 16.1. The van der Waals surface area contributed by atoms with Crippen molar-refractivity contribution in [2.45, 2.75) is 38.9 Å². The van der Waals surface area contributed by atoms with Crippen molar-refractivity contribution < 1.29 is 0 Å². The predicted octanol–water partition coefficient (Wildman–Crippen LogP) is 3.00. The van der Waals surface area contributed by atoms with Crippen molar-refractivity contribution >= 4 is 23.6 Å². The smallest absolute Gasteiger partial charge is 0.217 e. The molecule has 1 aliphatic rings. The Hall–Kier alpha value is -1.05. The SMILES string of the molecule is CN(CC1CCCC1)Cn1nnn(Cc2cccs2)c1=S. The number of tetrazole rings is 1. The fourth-order valence-corrected chi connectivity index (χ4v) is 3.85. The van der Waals surface area contributed by atoms with Crippen LogP contribution in [0.25, 0.3) is 0 Å². The highest BCUT2D eigenvalue weighted by Crippen LogP contribution is 2.25. The Morgan fingerprint density at radius 3 is 2.81 bits per heavy atom. The van der Waals surface area contributed by atoms with Gasteiger partial charge in [-0.15, -0.1) is 11.3 Å². The van der Waals surface area contributed by atoms with Crippen LogP contribution in [0.3, 0.4) is 0 Å². The summed E-state index contributed by atoms with van der Waals surface area (Å²) in [6.45, 7) is 2.56. The fourth-order valence-electron chi connectivity index (χ4n) is 2.96. The number of hydrogen-bond acceptors (Lipinski definition) is 5. The van der Waals surface area contributed by atoms with Gasteiger partial charge in [-0.2, -0.15) is 0 Å². The van der Waals surface area contributed by atoms with Gasteiger partial charge in [-0.25, -0.2) is 9.36 Å². The molecule has 0 bridgehead atoms. The molecule has 0 aromatic carbocycles. The summed E-state index contributed by atoms with van der Waals surface area (Å²) in [5.41, 5.74) is 0. The Bertz CT molecular complexity index is 610. The first kappa shape index (κ1) is 14.9. The molecule has 114 valence electrons. The molecule has 0 unspecified atom stereocenters. The number of nitrogens with zero attached hydrogens (tertiary/aromatic N) is 5. The molecule has 0 spiro atoms. The largest absolute Gasteiger partial charge is 0.287 e. The van der Waals surface area contributed by atoms with E-state index in [9.17, 15) is 0 Å². The fraction of sp³-hybridized carbons (Fsp3) is 0.643. The molecule has 2 aromatic rings. The summed E-state index contributed by atoms with van der Waals surface area (Å²) >= 11 is 7.19. The highest BCUT2D eigenvalue weighted by molar-refractivity contribution is 7.71. The van der Waals surface area contributed by atoms with E-state index in [1.54, 1.807) is 16.0 Å². The minimum Gasteiger partial charge on any atom is -0.287 e. The van der Waals surface area contributed by atoms with Crippen LogP contribution < -0.4 is 0 Å². The molecule has 1 aliphatic carbocycles. The molecule has 7 heteroatoms. The third-order valence-corrected chi connectivity index (χ3v) is 5.29. The van der Waals surface area contributed by atoms with Gasteiger partial charge in [-0.05, 0) is 59.9 Å². The van der Waals surface area contributed by atoms with E-state index in [-0.39, 0.29) is 0 Å². The third-order valence-electron chi connectivity index (χ3n) is 4.00. The molecule has 21 heavy (non-hydrogen) atoms. The quantitative estimate of drug-likeness (QED) is 0.766. The van der Waals surface area contributed by atoms with Crippen LogP contribution in [0.1, 0.15) is 30.6 Å². The molecular weight excluding hydrogens is 302 g/mol. The Balaban J connectivity index is 1.60. The molecule has 2 aromatic heterocycles. The van der Waals surface area contributed by atoms with Crippen LogP contribution in [0.15, 0.2) is 17.5 Å². The molecule has 1 saturated carbocycles. The van der Waals surface area contributed by atoms with E-state index in [4.69, 9.17) is 12.2 Å². The van der Waals surface area contributed by atoms with E-state index in [0.29, 0.717) is 11.3 Å². The van der Waals surface area contributed by atoms with Gasteiger partial charge in [0.1, 0.15) is 0 Å². The molecule has 0 N–H and O–H groups in total. The maximum Gasteiger partial charge on any atom is 0.217 e. The van der Waals surface area contributed by atoms with Crippen molar-refractivity contribution in [3.05, 3.63) is 27.2 Å². The standard InChI is InChI=1S/C14H21N5S2/c1-17(9-12-5-2-3-6-12)11-19-14(20)18(15-16-19)10-13-7-4-8-21-13/h4,7-8,12H,2-3,5-6,9-11H2,1H3. The molecule has 5 nitrogen and oxygen atoms in total. The number of hydrogen-bond donors (Lipinski definition) is 0. The lowest BCUT2D eigenvalue weighted by Crippen LogP contribution is -2.27. The van der Waals surface area contributed by atoms with Gasteiger partial charge in [0, 0.05) is 11.4 Å². The van der Waals surface area contributed by atoms with Gasteiger partial charge in [0.25, 0.3) is 0 Å². The van der Waals surface area contributed by atoms with Crippen molar-refractivity contribution in [2.75, 3.05) is 13.6 Å². The number of rotatable bonds is 6. The topological polar surface area (TPSA) is 38.9 Å². The summed E-state index contributed by atoms with van der Waals surface area (Å²) in [5, 5.41) is 10.4. The van der Waals surface area contributed by atoms with Gasteiger partial charge in [0.2, 0.25) is 4.77 Å². The van der Waals surface area contributed by atoms with Gasteiger partial charge in [0.15, 0.2) is 0 Å². The maximum atomic E-state index is 5.48. The van der Waals surface area contributed by atoms with Crippen molar-refractivity contribution in [3.63, 3.8) is 0 Å². The van der Waals surface area contributed by atoms with Crippen LogP contribution in [-0.4, -0.2) is 38.3 Å². The average molecular weight is 323 g/mol. The minimum absolute atomic E-state index is 0.696. The van der Waals surface area contributed by atoms with Gasteiger partial charge in [-0.3, -0.25) is 4.90 Å². The summed E-state index contributed by atoms with van der Waals surface area (Å²) in [7, 11) is 2.14. The van der Waals surface area contributed by atoms with E-state index in [0.717, 1.165) is 19.1 Å². The maximum absolute atomic E-state index is 5.48. The van der Waals surface area contributed by atoms with Crippen LogP contribution in [0.5, 0.6) is 0 Å². The van der Waals surface area contributed by atoms with E-state index >= 15 is 0 Å². The third kappa shape index (κ3) is 3.78. The van der Waals surface area contributed by atoms with Crippen LogP contribution >= 0.6 is 23.6 Å². The van der Waals surface area contributed by atoms with Gasteiger partial charge < -0.3 is 0 Å². The Labute approximate surface area is 134 Å². The van der Waals surface area contributed by atoms with Crippen molar-refractivity contribution in [2.24, 2.45) is 5.92 Å². The lowest BCUT2D eigenvalue weighted by Gasteiger charge is -2.19. The molecule has 0 aliphatic heterocycles. The molecule has 3 rings (SSSR count). The lowest BCUT2D eigenvalue weighted by atomic mass is 10.1. The predicted molar refractivity (Wildman–Crippen MR) is 86.9 cm³/mol. The van der Waals surface area contributed by atoms with Crippen molar-refractivity contribution in [1.29, 1.82) is 0 Å². The Kier molecular flexibility index (Phi) is 4.82. The van der Waals surface area contributed by atoms with Crippen molar-refractivity contribution in [3.8, 4) is 0 Å². The number of thiophene rings is 1. The average Bonchev–Trinajstić information content (AvgIpc) is 3.18. The molecule has 2 heterocycles. The number of aromatic nitrogens is 4. The second kappa shape index (κ2) is 6.81. The van der Waals surface area contributed by atoms with Crippen LogP contribution in [0, 0.1) is 10.7 Å². The van der Waals surface area contributed by atoms with Crippen LogP contribution in [-0.2, 0) is 13.2 Å². The lowest BCUT2D eigenvalue weighted by molar-refractivity contribution is 0.214. The summed E-state index contributed by atoms with van der Waals surface area (Å²) in [6, 6.07) is 4.14. The van der Waals surface area contributed by atoms with Crippen LogP contribution in [0.4, 0.5) is 0 Å². The second-order valence-electron chi connectivity index (χ2n) is 5.83. The Morgan fingerprint density at radius 1 is 1.33 bits per heavy atom. The first-order valence-electron chi connectivity index (χ1n) is 7.44. The highest BCUT2D eigenvalue weighted by atomic mass is 32.1. The summed E-state index contributed by atoms with van der Waals surface area (Å²) in [6.07, 6.45) is 5.49. The molecular formula is C14H21N5S2. The summed E-state index contributed by atoms with van der Waals surface area (Å²) in [4.78, 5) is 3.55. The van der Waals surface area contributed by atoms with E-state index < -0.39 is 0 Å². The van der Waals surface area contributed by atoms with Gasteiger partial charge >= 0.3 is 0 Å². The molecule has 1 fully saturated rings. The molecule has 0 saturated heterocycles. The van der Waals surface area contributed by atoms with E-state index in [1.807, 2.05) is 10.7 Å². The van der Waals surface area contributed by atoms with Crippen LogP contribution in [0.2, 0.25) is 0 Å². The zero-order chi connectivity index (χ0) is 14.7. The molecule has 0 atom stereocenters. The van der Waals surface area contributed by atoms with Crippen molar-refractivity contribution in [1.82, 2.24) is 24.7 Å². The molecule has 0 amide bonds. The zero-order valence-electron chi connectivity index (χ0n) is 12.3. The van der Waals surface area contributed by atoms with Gasteiger partial charge in [-0.1, -0.05) is 18.9 Å². The molecule has 0 radical (unpaired) electrons. The Morgan fingerprint density at radius 2 is 2.10 bits per heavy atom. The van der Waals surface area contributed by atoms with E-state index in [2.05, 4.69) is 33.8 Å². The first-order valence-corrected chi connectivity index (χ1v) is 8.72. The van der Waals surface area contributed by atoms with Gasteiger partial charge in [0.05, 0.1) is 13.2 Å². The summed E-state index contributed by atoms with van der Waals surface area (Å²) < 4.78 is 4.31. The van der Waals surface area contributed by atoms with E-state index in [1.165, 1.54) is 30.6 Å². The summed E-state index contributed by atoms with van der Waals surface area (Å²) in [5.74, 6) is 0.838. The monoisotopic (exact) mass is 323 g/mol. The second-order valence-corrected chi connectivity index (χ2v) is 7.23. The minimum atomic E-state index is 0.696.